The highest BCUT2D eigenvalue weighted by atomic mass is 19.4. The maximum atomic E-state index is 12.9. The summed E-state index contributed by atoms with van der Waals surface area (Å²) in [4.78, 5) is 12.2. The number of anilines is 1. The number of rotatable bonds is 4. The number of nitrogens with one attached hydrogen (secondary N) is 1. The standard InChI is InChI=1S/C18H15F6NO2/c1-10(2)27-15-5-3-4-11(6-15)16(26)25-14-8-12(17(19,20)21)7-13(9-14)18(22,23)24/h3-10H,1-2H3,(H,25,26). The number of hydrogen-bond acceptors (Lipinski definition) is 2. The SMILES string of the molecule is CC(C)Oc1cccc(C(=O)Nc2cc(C(F)(F)F)cc(C(F)(F)F)c2)c1. The molecular formula is C18H15F6NO2. The summed E-state index contributed by atoms with van der Waals surface area (Å²) in [5.74, 6) is -0.519. The lowest BCUT2D eigenvalue weighted by molar-refractivity contribution is -0.143. The van der Waals surface area contributed by atoms with Gasteiger partial charge in [-0.05, 0) is 50.2 Å². The van der Waals surface area contributed by atoms with E-state index in [9.17, 15) is 31.1 Å². The van der Waals surface area contributed by atoms with E-state index >= 15 is 0 Å². The summed E-state index contributed by atoms with van der Waals surface area (Å²) in [6, 6.07) is 6.65. The van der Waals surface area contributed by atoms with Gasteiger partial charge in [0, 0.05) is 11.3 Å². The van der Waals surface area contributed by atoms with Crippen molar-refractivity contribution in [1.29, 1.82) is 0 Å². The number of ether oxygens (including phenoxy) is 1. The first-order valence-electron chi connectivity index (χ1n) is 7.74. The molecule has 0 unspecified atom stereocenters. The van der Waals surface area contributed by atoms with Gasteiger partial charge in [0.05, 0.1) is 17.2 Å². The lowest BCUT2D eigenvalue weighted by Gasteiger charge is -2.15. The molecule has 2 aromatic rings. The van der Waals surface area contributed by atoms with Crippen LogP contribution in [0.3, 0.4) is 0 Å². The Labute approximate surface area is 150 Å². The highest BCUT2D eigenvalue weighted by Gasteiger charge is 2.37. The second kappa shape index (κ2) is 7.50. The molecule has 0 spiro atoms. The molecule has 1 N–H and O–H groups in total. The second-order valence-electron chi connectivity index (χ2n) is 5.94. The predicted octanol–water partition coefficient (Wildman–Crippen LogP) is 5.76. The third-order valence-corrected chi connectivity index (χ3v) is 3.31. The van der Waals surface area contributed by atoms with Crippen molar-refractivity contribution in [3.05, 3.63) is 59.2 Å². The summed E-state index contributed by atoms with van der Waals surface area (Å²) in [5.41, 5.74) is -3.61. The molecule has 0 atom stereocenters. The lowest BCUT2D eigenvalue weighted by Crippen LogP contribution is -2.16. The van der Waals surface area contributed by atoms with Crippen LogP contribution >= 0.6 is 0 Å². The predicted molar refractivity (Wildman–Crippen MR) is 86.6 cm³/mol. The fourth-order valence-corrected chi connectivity index (χ4v) is 2.21. The lowest BCUT2D eigenvalue weighted by atomic mass is 10.1. The van der Waals surface area contributed by atoms with Crippen LogP contribution < -0.4 is 10.1 Å². The molecule has 27 heavy (non-hydrogen) atoms. The Kier molecular flexibility index (Phi) is 5.72. The van der Waals surface area contributed by atoms with Crippen LogP contribution in [0.2, 0.25) is 0 Å². The first-order chi connectivity index (χ1) is 12.4. The van der Waals surface area contributed by atoms with Crippen molar-refractivity contribution >= 4 is 11.6 Å². The van der Waals surface area contributed by atoms with E-state index in [2.05, 4.69) is 5.32 Å². The van der Waals surface area contributed by atoms with Crippen LogP contribution in [0.4, 0.5) is 32.0 Å². The molecule has 0 aliphatic rings. The molecule has 0 heterocycles. The normalized spacial score (nSPS) is 12.2. The summed E-state index contributed by atoms with van der Waals surface area (Å²) < 4.78 is 82.7. The Morgan fingerprint density at radius 1 is 0.926 bits per heavy atom. The smallest absolute Gasteiger partial charge is 0.416 e. The van der Waals surface area contributed by atoms with E-state index in [1.54, 1.807) is 19.9 Å². The van der Waals surface area contributed by atoms with Gasteiger partial charge >= 0.3 is 12.4 Å². The van der Waals surface area contributed by atoms with Crippen molar-refractivity contribution < 1.29 is 35.9 Å². The van der Waals surface area contributed by atoms with Crippen LogP contribution in [-0.2, 0) is 12.4 Å². The minimum absolute atomic E-state index is 0.00719. The van der Waals surface area contributed by atoms with Gasteiger partial charge < -0.3 is 10.1 Å². The largest absolute Gasteiger partial charge is 0.491 e. The van der Waals surface area contributed by atoms with E-state index < -0.39 is 35.1 Å². The summed E-state index contributed by atoms with van der Waals surface area (Å²) in [6.45, 7) is 3.52. The molecule has 2 aromatic carbocycles. The van der Waals surface area contributed by atoms with Crippen LogP contribution in [0.1, 0.15) is 35.3 Å². The molecule has 0 fully saturated rings. The number of halogens is 6. The van der Waals surface area contributed by atoms with Gasteiger partial charge in [-0.25, -0.2) is 0 Å². The van der Waals surface area contributed by atoms with E-state index in [0.29, 0.717) is 17.9 Å². The molecule has 0 aliphatic heterocycles. The van der Waals surface area contributed by atoms with Gasteiger partial charge in [0.1, 0.15) is 5.75 Å². The maximum Gasteiger partial charge on any atom is 0.416 e. The number of alkyl halides is 6. The average Bonchev–Trinajstić information content (AvgIpc) is 2.52. The van der Waals surface area contributed by atoms with Crippen molar-refractivity contribution in [2.24, 2.45) is 0 Å². The summed E-state index contributed by atoms with van der Waals surface area (Å²) in [7, 11) is 0. The Balaban J connectivity index is 2.34. The van der Waals surface area contributed by atoms with Gasteiger partial charge in [0.2, 0.25) is 0 Å². The van der Waals surface area contributed by atoms with Gasteiger partial charge in [-0.15, -0.1) is 0 Å². The van der Waals surface area contributed by atoms with Crippen LogP contribution in [0, 0.1) is 0 Å². The van der Waals surface area contributed by atoms with E-state index in [0.717, 1.165) is 0 Å². The number of carbonyl (C=O) groups is 1. The van der Waals surface area contributed by atoms with E-state index in [1.165, 1.54) is 18.2 Å². The van der Waals surface area contributed by atoms with Crippen molar-refractivity contribution in [3.8, 4) is 5.75 Å². The van der Waals surface area contributed by atoms with Crippen LogP contribution in [-0.4, -0.2) is 12.0 Å². The zero-order chi connectivity index (χ0) is 20.4. The first-order valence-corrected chi connectivity index (χ1v) is 7.74. The van der Waals surface area contributed by atoms with Crippen molar-refractivity contribution in [2.45, 2.75) is 32.3 Å². The van der Waals surface area contributed by atoms with E-state index in [4.69, 9.17) is 4.74 Å². The number of carbonyl (C=O) groups excluding carboxylic acids is 1. The van der Waals surface area contributed by atoms with Crippen LogP contribution in [0.15, 0.2) is 42.5 Å². The maximum absolute atomic E-state index is 12.9. The molecule has 0 saturated carbocycles. The molecule has 0 saturated heterocycles. The highest BCUT2D eigenvalue weighted by Crippen LogP contribution is 2.37. The fourth-order valence-electron chi connectivity index (χ4n) is 2.21. The summed E-state index contributed by atoms with van der Waals surface area (Å²) in [6.07, 6.45) is -10.2. The minimum atomic E-state index is -4.99. The molecule has 0 aromatic heterocycles. The fraction of sp³-hybridized carbons (Fsp3) is 0.278. The molecule has 0 bridgehead atoms. The van der Waals surface area contributed by atoms with E-state index in [-0.39, 0.29) is 17.7 Å². The van der Waals surface area contributed by atoms with Gasteiger partial charge in [-0.3, -0.25) is 4.79 Å². The Bertz CT molecular complexity index is 795. The van der Waals surface area contributed by atoms with Crippen LogP contribution in [0.25, 0.3) is 0 Å². The van der Waals surface area contributed by atoms with E-state index in [1.807, 2.05) is 0 Å². The quantitative estimate of drug-likeness (QED) is 0.673. The Morgan fingerprint density at radius 2 is 1.48 bits per heavy atom. The van der Waals surface area contributed by atoms with Crippen molar-refractivity contribution in [1.82, 2.24) is 0 Å². The number of amides is 1. The molecular weight excluding hydrogens is 376 g/mol. The van der Waals surface area contributed by atoms with Gasteiger partial charge in [0.15, 0.2) is 0 Å². The van der Waals surface area contributed by atoms with Gasteiger partial charge in [0.25, 0.3) is 5.91 Å². The molecule has 0 aliphatic carbocycles. The molecule has 9 heteroatoms. The monoisotopic (exact) mass is 391 g/mol. The minimum Gasteiger partial charge on any atom is -0.491 e. The molecule has 1 amide bonds. The zero-order valence-corrected chi connectivity index (χ0v) is 14.2. The van der Waals surface area contributed by atoms with Gasteiger partial charge in [-0.1, -0.05) is 6.07 Å². The topological polar surface area (TPSA) is 38.3 Å². The molecule has 146 valence electrons. The molecule has 0 radical (unpaired) electrons. The van der Waals surface area contributed by atoms with Crippen molar-refractivity contribution in [3.63, 3.8) is 0 Å². The third kappa shape index (κ3) is 5.63. The zero-order valence-electron chi connectivity index (χ0n) is 14.2. The average molecular weight is 391 g/mol. The summed E-state index contributed by atoms with van der Waals surface area (Å²) >= 11 is 0. The van der Waals surface area contributed by atoms with Crippen LogP contribution in [0.5, 0.6) is 5.75 Å². The second-order valence-corrected chi connectivity index (χ2v) is 5.94. The van der Waals surface area contributed by atoms with Gasteiger partial charge in [-0.2, -0.15) is 26.3 Å². The Morgan fingerprint density at radius 3 is 1.96 bits per heavy atom. The summed E-state index contributed by atoms with van der Waals surface area (Å²) in [5, 5.41) is 2.07. The Hall–Kier alpha value is -2.71. The first kappa shape index (κ1) is 20.6. The third-order valence-electron chi connectivity index (χ3n) is 3.31. The number of benzene rings is 2. The number of hydrogen-bond donors (Lipinski definition) is 1. The van der Waals surface area contributed by atoms with Crippen molar-refractivity contribution in [2.75, 3.05) is 5.32 Å². The molecule has 3 nitrogen and oxygen atoms in total. The highest BCUT2D eigenvalue weighted by molar-refractivity contribution is 6.04. The molecule has 2 rings (SSSR count).